The van der Waals surface area contributed by atoms with Crippen molar-refractivity contribution in [1.82, 2.24) is 14.8 Å². The number of nitrogens with zero attached hydrogens (tertiary/aromatic N) is 4. The van der Waals surface area contributed by atoms with Gasteiger partial charge >= 0.3 is 0 Å². The van der Waals surface area contributed by atoms with Gasteiger partial charge in [-0.2, -0.15) is 0 Å². The Morgan fingerprint density at radius 3 is 2.54 bits per heavy atom. The van der Waals surface area contributed by atoms with Crippen molar-refractivity contribution in [2.75, 3.05) is 13.2 Å². The zero-order chi connectivity index (χ0) is 26.4. The summed E-state index contributed by atoms with van der Waals surface area (Å²) >= 11 is 7.26. The average Bonchev–Trinajstić information content (AvgIpc) is 3.24. The maximum absolute atomic E-state index is 14.0. The van der Waals surface area contributed by atoms with Crippen LogP contribution in [0.15, 0.2) is 71.9 Å². The van der Waals surface area contributed by atoms with Crippen LogP contribution in [0.25, 0.3) is 5.69 Å². The predicted octanol–water partition coefficient (Wildman–Crippen LogP) is 6.46. The molecule has 0 spiro atoms. The lowest BCUT2D eigenvalue weighted by atomic mass is 10.1. The SMILES string of the molecule is CCOc1cc([C@@H](C[N+](=O)[O-])Sc2nnc(C)n2-c2ccc(Cl)cc2)ccc1OCc1ccccc1F. The van der Waals surface area contributed by atoms with E-state index in [9.17, 15) is 14.5 Å². The molecule has 0 N–H and O–H groups in total. The second-order valence-corrected chi connectivity index (χ2v) is 9.59. The summed E-state index contributed by atoms with van der Waals surface area (Å²) in [6.45, 7) is 3.66. The first-order chi connectivity index (χ1) is 17.9. The number of aromatic nitrogens is 3. The van der Waals surface area contributed by atoms with Gasteiger partial charge in [-0.25, -0.2) is 4.39 Å². The summed E-state index contributed by atoms with van der Waals surface area (Å²) in [6.07, 6.45) is 0. The van der Waals surface area contributed by atoms with Gasteiger partial charge in [0, 0.05) is 21.2 Å². The molecule has 0 amide bonds. The van der Waals surface area contributed by atoms with Crippen LogP contribution in [0.1, 0.15) is 29.1 Å². The zero-order valence-corrected chi connectivity index (χ0v) is 21.7. The molecule has 4 rings (SSSR count). The van der Waals surface area contributed by atoms with Gasteiger partial charge in [0.25, 0.3) is 0 Å². The van der Waals surface area contributed by atoms with Crippen molar-refractivity contribution in [1.29, 1.82) is 0 Å². The number of halogens is 2. The number of aryl methyl sites for hydroxylation is 1. The van der Waals surface area contributed by atoms with Crippen molar-refractivity contribution in [2.45, 2.75) is 30.9 Å². The molecule has 0 aliphatic carbocycles. The third kappa shape index (κ3) is 6.58. The first-order valence-electron chi connectivity index (χ1n) is 11.4. The Morgan fingerprint density at radius 2 is 1.84 bits per heavy atom. The van der Waals surface area contributed by atoms with Crippen LogP contribution in [0, 0.1) is 22.9 Å². The van der Waals surface area contributed by atoms with Crippen LogP contribution < -0.4 is 9.47 Å². The number of rotatable bonds is 11. The lowest BCUT2D eigenvalue weighted by Crippen LogP contribution is -2.12. The smallest absolute Gasteiger partial charge is 0.220 e. The van der Waals surface area contributed by atoms with Crippen molar-refractivity contribution in [2.24, 2.45) is 0 Å². The molecule has 0 saturated heterocycles. The van der Waals surface area contributed by atoms with Crippen LogP contribution >= 0.6 is 23.4 Å². The number of ether oxygens (including phenoxy) is 2. The van der Waals surface area contributed by atoms with E-state index in [2.05, 4.69) is 10.2 Å². The van der Waals surface area contributed by atoms with Crippen LogP contribution in [0.5, 0.6) is 11.5 Å². The van der Waals surface area contributed by atoms with Gasteiger partial charge in [0.05, 0.1) is 6.61 Å². The minimum Gasteiger partial charge on any atom is -0.490 e. The summed E-state index contributed by atoms with van der Waals surface area (Å²) in [5.74, 6) is 1.11. The molecule has 0 aliphatic rings. The van der Waals surface area contributed by atoms with E-state index in [0.717, 1.165) is 5.69 Å². The van der Waals surface area contributed by atoms with E-state index in [-0.39, 0.29) is 23.9 Å². The molecule has 1 heterocycles. The van der Waals surface area contributed by atoms with Crippen LogP contribution in [0.2, 0.25) is 5.02 Å². The van der Waals surface area contributed by atoms with Crippen molar-refractivity contribution in [3.63, 3.8) is 0 Å². The normalized spacial score (nSPS) is 11.8. The number of hydrogen-bond donors (Lipinski definition) is 0. The number of benzene rings is 3. The van der Waals surface area contributed by atoms with E-state index in [1.165, 1.54) is 17.8 Å². The van der Waals surface area contributed by atoms with Gasteiger partial charge in [-0.15, -0.1) is 10.2 Å². The largest absolute Gasteiger partial charge is 0.490 e. The van der Waals surface area contributed by atoms with Crippen LogP contribution in [-0.2, 0) is 6.61 Å². The molecule has 0 aliphatic heterocycles. The molecule has 0 bridgehead atoms. The summed E-state index contributed by atoms with van der Waals surface area (Å²) in [5, 5.41) is 20.5. The molecule has 192 valence electrons. The number of thioether (sulfide) groups is 1. The number of nitro groups is 1. The van der Waals surface area contributed by atoms with Crippen molar-refractivity contribution in [3.05, 3.63) is 105 Å². The summed E-state index contributed by atoms with van der Waals surface area (Å²) in [6, 6.07) is 18.7. The van der Waals surface area contributed by atoms with Gasteiger partial charge in [-0.1, -0.05) is 47.6 Å². The van der Waals surface area contributed by atoms with Gasteiger partial charge in [0.1, 0.15) is 23.5 Å². The number of hydrogen-bond acceptors (Lipinski definition) is 7. The van der Waals surface area contributed by atoms with E-state index in [0.29, 0.717) is 45.2 Å². The van der Waals surface area contributed by atoms with Gasteiger partial charge in [0.2, 0.25) is 6.54 Å². The fraction of sp³-hybridized carbons (Fsp3) is 0.231. The molecule has 11 heteroatoms. The monoisotopic (exact) mass is 542 g/mol. The quantitative estimate of drug-likeness (QED) is 0.122. The van der Waals surface area contributed by atoms with E-state index >= 15 is 0 Å². The lowest BCUT2D eigenvalue weighted by Gasteiger charge is -2.17. The van der Waals surface area contributed by atoms with E-state index < -0.39 is 5.25 Å². The minimum atomic E-state index is -0.593. The summed E-state index contributed by atoms with van der Waals surface area (Å²) in [5.41, 5.74) is 1.86. The molecule has 1 atom stereocenters. The van der Waals surface area contributed by atoms with Gasteiger partial charge in [-0.3, -0.25) is 14.7 Å². The fourth-order valence-electron chi connectivity index (χ4n) is 3.66. The maximum atomic E-state index is 14.0. The highest BCUT2D eigenvalue weighted by Gasteiger charge is 2.25. The summed E-state index contributed by atoms with van der Waals surface area (Å²) in [4.78, 5) is 11.2. The van der Waals surface area contributed by atoms with E-state index in [1.807, 2.05) is 30.5 Å². The first-order valence-corrected chi connectivity index (χ1v) is 12.7. The Labute approximate surface area is 222 Å². The molecule has 1 aromatic heterocycles. The highest BCUT2D eigenvalue weighted by Crippen LogP contribution is 2.40. The maximum Gasteiger partial charge on any atom is 0.220 e. The van der Waals surface area contributed by atoms with Crippen molar-refractivity contribution in [3.8, 4) is 17.2 Å². The Hall–Kier alpha value is -3.63. The van der Waals surface area contributed by atoms with Gasteiger partial charge in [-0.05, 0) is 61.9 Å². The first kappa shape index (κ1) is 26.4. The topological polar surface area (TPSA) is 92.3 Å². The Morgan fingerprint density at radius 1 is 1.08 bits per heavy atom. The molecule has 4 aromatic rings. The molecule has 3 aromatic carbocycles. The van der Waals surface area contributed by atoms with Gasteiger partial charge in [0.15, 0.2) is 16.7 Å². The second-order valence-electron chi connectivity index (χ2n) is 7.98. The third-order valence-electron chi connectivity index (χ3n) is 5.42. The van der Waals surface area contributed by atoms with E-state index in [4.69, 9.17) is 21.1 Å². The van der Waals surface area contributed by atoms with Gasteiger partial charge < -0.3 is 9.47 Å². The predicted molar refractivity (Wildman–Crippen MR) is 140 cm³/mol. The Balaban J connectivity index is 1.63. The fourth-order valence-corrected chi connectivity index (χ4v) is 4.95. The van der Waals surface area contributed by atoms with Crippen molar-refractivity contribution < 1.29 is 18.8 Å². The van der Waals surface area contributed by atoms with E-state index in [1.54, 1.807) is 48.5 Å². The van der Waals surface area contributed by atoms with Crippen molar-refractivity contribution >= 4 is 23.4 Å². The molecule has 0 saturated carbocycles. The lowest BCUT2D eigenvalue weighted by molar-refractivity contribution is -0.479. The molecule has 8 nitrogen and oxygen atoms in total. The highest BCUT2D eigenvalue weighted by molar-refractivity contribution is 7.99. The third-order valence-corrected chi connectivity index (χ3v) is 6.86. The van der Waals surface area contributed by atoms with Crippen LogP contribution in [0.4, 0.5) is 4.39 Å². The highest BCUT2D eigenvalue weighted by atomic mass is 35.5. The molecule has 0 fully saturated rings. The Bertz CT molecular complexity index is 1380. The second kappa shape index (κ2) is 12.1. The zero-order valence-electron chi connectivity index (χ0n) is 20.1. The van der Waals surface area contributed by atoms with Crippen LogP contribution in [0.3, 0.4) is 0 Å². The average molecular weight is 543 g/mol. The molecular weight excluding hydrogens is 519 g/mol. The standard InChI is InChI=1S/C26H24ClFN4O4S/c1-3-35-24-14-18(8-13-23(24)36-16-19-6-4-5-7-22(19)28)25(15-31(33)34)37-26-30-29-17(2)32(26)21-11-9-20(27)10-12-21/h4-14,25H,3,15-16H2,1-2H3/t25-/m1/s1. The molecule has 37 heavy (non-hydrogen) atoms. The minimum absolute atomic E-state index is 0.0165. The molecule has 0 unspecified atom stereocenters. The Kier molecular flexibility index (Phi) is 8.62. The summed E-state index contributed by atoms with van der Waals surface area (Å²) < 4.78 is 27.4. The molecule has 0 radical (unpaired) electrons. The van der Waals surface area contributed by atoms with Crippen LogP contribution in [-0.4, -0.2) is 32.8 Å². The molecular formula is C26H24ClFN4O4S. The summed E-state index contributed by atoms with van der Waals surface area (Å²) in [7, 11) is 0.